The minimum Gasteiger partial charge on any atom is -0.490 e. The third-order valence-corrected chi connectivity index (χ3v) is 4.92. The van der Waals surface area contributed by atoms with Crippen LogP contribution in [0.25, 0.3) is 11.0 Å². The number of H-pyrrole nitrogens is 1. The summed E-state index contributed by atoms with van der Waals surface area (Å²) in [6.45, 7) is 4.23. The van der Waals surface area contributed by atoms with Crippen LogP contribution in [0.3, 0.4) is 0 Å². The third-order valence-electron chi connectivity index (χ3n) is 4.92. The van der Waals surface area contributed by atoms with Crippen LogP contribution in [0.2, 0.25) is 0 Å². The van der Waals surface area contributed by atoms with E-state index in [0.717, 1.165) is 66.9 Å². The first kappa shape index (κ1) is 18.8. The van der Waals surface area contributed by atoms with Gasteiger partial charge in [-0.3, -0.25) is 4.79 Å². The van der Waals surface area contributed by atoms with E-state index in [2.05, 4.69) is 20.2 Å². The molecule has 8 heteroatoms. The van der Waals surface area contributed by atoms with Gasteiger partial charge < -0.3 is 25.7 Å². The molecule has 1 aliphatic heterocycles. The van der Waals surface area contributed by atoms with E-state index < -0.39 is 0 Å². The van der Waals surface area contributed by atoms with E-state index >= 15 is 0 Å². The molecule has 7 nitrogen and oxygen atoms in total. The molecule has 26 heavy (non-hydrogen) atoms. The van der Waals surface area contributed by atoms with Crippen molar-refractivity contribution in [1.29, 1.82) is 0 Å². The fourth-order valence-electron chi connectivity index (χ4n) is 3.53. The summed E-state index contributed by atoms with van der Waals surface area (Å²) < 4.78 is 5.85. The van der Waals surface area contributed by atoms with Crippen molar-refractivity contribution in [3.8, 4) is 5.75 Å². The average molecular weight is 380 g/mol. The van der Waals surface area contributed by atoms with Gasteiger partial charge in [0.2, 0.25) is 5.91 Å². The molecule has 1 aliphatic carbocycles. The van der Waals surface area contributed by atoms with Gasteiger partial charge in [-0.05, 0) is 32.6 Å². The van der Waals surface area contributed by atoms with Crippen LogP contribution >= 0.6 is 12.4 Å². The molecule has 1 amide bonds. The molecule has 0 radical (unpaired) electrons. The number of nitrogens with two attached hydrogens (primary N) is 1. The Bertz CT molecular complexity index is 789. The van der Waals surface area contributed by atoms with Crippen LogP contribution in [0, 0.1) is 5.92 Å². The van der Waals surface area contributed by atoms with E-state index in [1.807, 2.05) is 13.1 Å². The van der Waals surface area contributed by atoms with Gasteiger partial charge >= 0.3 is 0 Å². The van der Waals surface area contributed by atoms with Crippen molar-refractivity contribution in [2.75, 3.05) is 29.9 Å². The second-order valence-corrected chi connectivity index (χ2v) is 6.94. The monoisotopic (exact) mass is 379 g/mol. The molecule has 1 saturated heterocycles. The Kier molecular flexibility index (Phi) is 5.58. The summed E-state index contributed by atoms with van der Waals surface area (Å²) >= 11 is 0. The maximum atomic E-state index is 12.3. The number of fused-ring (bicyclic) bond motifs is 1. The Morgan fingerprint density at radius 1 is 1.46 bits per heavy atom. The SMILES string of the molecule is CCOc1cnc2[nH]cc(NC(=O)C3CC3)c2c1N1CCC[C@@H](N)C1.Cl. The fourth-order valence-corrected chi connectivity index (χ4v) is 3.53. The summed E-state index contributed by atoms with van der Waals surface area (Å²) in [6.07, 6.45) is 7.61. The Morgan fingerprint density at radius 2 is 2.27 bits per heavy atom. The van der Waals surface area contributed by atoms with Gasteiger partial charge in [0.15, 0.2) is 5.75 Å². The molecule has 1 saturated carbocycles. The van der Waals surface area contributed by atoms with Crippen molar-refractivity contribution in [3.63, 3.8) is 0 Å². The highest BCUT2D eigenvalue weighted by molar-refractivity contribution is 6.08. The normalized spacial score (nSPS) is 19.9. The smallest absolute Gasteiger partial charge is 0.227 e. The van der Waals surface area contributed by atoms with Gasteiger partial charge in [-0.15, -0.1) is 12.4 Å². The number of piperidine rings is 1. The second kappa shape index (κ2) is 7.72. The molecular weight excluding hydrogens is 354 g/mol. The number of pyridine rings is 1. The molecule has 142 valence electrons. The lowest BCUT2D eigenvalue weighted by molar-refractivity contribution is -0.117. The number of ether oxygens (including phenoxy) is 1. The topological polar surface area (TPSA) is 96.3 Å². The Balaban J connectivity index is 0.00000196. The highest BCUT2D eigenvalue weighted by atomic mass is 35.5. The van der Waals surface area contributed by atoms with Crippen molar-refractivity contribution in [2.45, 2.75) is 38.6 Å². The van der Waals surface area contributed by atoms with Crippen molar-refractivity contribution in [3.05, 3.63) is 12.4 Å². The van der Waals surface area contributed by atoms with Gasteiger partial charge in [-0.2, -0.15) is 0 Å². The average Bonchev–Trinajstić information content (AvgIpc) is 3.38. The van der Waals surface area contributed by atoms with E-state index in [0.29, 0.717) is 6.61 Å². The summed E-state index contributed by atoms with van der Waals surface area (Å²) in [5.74, 6) is 0.981. The van der Waals surface area contributed by atoms with Gasteiger partial charge in [0.25, 0.3) is 0 Å². The summed E-state index contributed by atoms with van der Waals surface area (Å²) in [5, 5.41) is 3.97. The fraction of sp³-hybridized carbons (Fsp3) is 0.556. The Morgan fingerprint density at radius 3 is 2.96 bits per heavy atom. The van der Waals surface area contributed by atoms with Gasteiger partial charge in [0.05, 0.1) is 29.6 Å². The molecule has 0 bridgehead atoms. The maximum Gasteiger partial charge on any atom is 0.227 e. The van der Waals surface area contributed by atoms with Gasteiger partial charge in [-0.1, -0.05) is 0 Å². The molecule has 1 atom stereocenters. The zero-order valence-electron chi connectivity index (χ0n) is 15.0. The molecule has 4 N–H and O–H groups in total. The van der Waals surface area contributed by atoms with E-state index in [9.17, 15) is 4.79 Å². The molecule has 0 unspecified atom stereocenters. The van der Waals surface area contributed by atoms with E-state index in [1.165, 1.54) is 0 Å². The zero-order chi connectivity index (χ0) is 17.4. The lowest BCUT2D eigenvalue weighted by atomic mass is 10.0. The molecule has 3 heterocycles. The van der Waals surface area contributed by atoms with Crippen molar-refractivity contribution < 1.29 is 9.53 Å². The molecule has 0 spiro atoms. The number of aromatic nitrogens is 2. The van der Waals surface area contributed by atoms with Crippen LogP contribution in [-0.2, 0) is 4.79 Å². The molecular formula is C18H26ClN5O2. The third kappa shape index (κ3) is 3.59. The maximum absolute atomic E-state index is 12.3. The van der Waals surface area contributed by atoms with Crippen LogP contribution in [-0.4, -0.2) is 41.6 Å². The summed E-state index contributed by atoms with van der Waals surface area (Å²) in [7, 11) is 0. The highest BCUT2D eigenvalue weighted by Gasteiger charge is 2.31. The Labute approximate surface area is 159 Å². The number of aromatic amines is 1. The van der Waals surface area contributed by atoms with Gasteiger partial charge in [-0.25, -0.2) is 4.98 Å². The number of rotatable bonds is 5. The number of nitrogens with one attached hydrogen (secondary N) is 2. The minimum absolute atomic E-state index is 0. The van der Waals surface area contributed by atoms with Gasteiger partial charge in [0, 0.05) is 31.2 Å². The molecule has 2 aromatic heterocycles. The summed E-state index contributed by atoms with van der Waals surface area (Å²) in [6, 6.07) is 0.148. The van der Waals surface area contributed by atoms with Crippen LogP contribution in [0.1, 0.15) is 32.6 Å². The largest absolute Gasteiger partial charge is 0.490 e. The van der Waals surface area contributed by atoms with Crippen molar-refractivity contribution in [2.24, 2.45) is 11.7 Å². The number of carbonyl (C=O) groups excluding carboxylic acids is 1. The number of anilines is 2. The molecule has 2 aliphatic rings. The van der Waals surface area contributed by atoms with Crippen LogP contribution < -0.4 is 20.7 Å². The first-order valence-corrected chi connectivity index (χ1v) is 9.11. The second-order valence-electron chi connectivity index (χ2n) is 6.94. The number of hydrogen-bond acceptors (Lipinski definition) is 5. The van der Waals surface area contributed by atoms with Crippen LogP contribution in [0.4, 0.5) is 11.4 Å². The molecule has 2 aromatic rings. The number of hydrogen-bond donors (Lipinski definition) is 3. The summed E-state index contributed by atoms with van der Waals surface area (Å²) in [5.41, 5.74) is 8.70. The predicted molar refractivity (Wildman–Crippen MR) is 105 cm³/mol. The predicted octanol–water partition coefficient (Wildman–Crippen LogP) is 2.66. The highest BCUT2D eigenvalue weighted by Crippen LogP contribution is 2.41. The standard InChI is InChI=1S/C18H25N5O2.ClH/c1-2-25-14-9-21-17-15(16(14)23-7-3-4-12(19)10-23)13(8-20-17)22-18(24)11-5-6-11;/h8-9,11-12H,2-7,10,19H2,1H3,(H,20,21)(H,22,24);1H/t12-;/m1./s1. The quantitative estimate of drug-likeness (QED) is 0.742. The molecule has 0 aromatic carbocycles. The van der Waals surface area contributed by atoms with Crippen LogP contribution in [0.15, 0.2) is 12.4 Å². The zero-order valence-corrected chi connectivity index (χ0v) is 15.8. The van der Waals surface area contributed by atoms with Crippen LogP contribution in [0.5, 0.6) is 5.75 Å². The Hall–Kier alpha value is -1.99. The van der Waals surface area contributed by atoms with Gasteiger partial charge in [0.1, 0.15) is 5.65 Å². The summed E-state index contributed by atoms with van der Waals surface area (Å²) in [4.78, 5) is 22.2. The molecule has 2 fully saturated rings. The lowest BCUT2D eigenvalue weighted by Crippen LogP contribution is -2.43. The number of nitrogens with zero attached hydrogens (tertiary/aromatic N) is 2. The van der Waals surface area contributed by atoms with Crippen molar-refractivity contribution in [1.82, 2.24) is 9.97 Å². The first-order chi connectivity index (χ1) is 12.2. The first-order valence-electron chi connectivity index (χ1n) is 9.11. The van der Waals surface area contributed by atoms with E-state index in [1.54, 1.807) is 6.20 Å². The minimum atomic E-state index is 0. The van der Waals surface area contributed by atoms with E-state index in [-0.39, 0.29) is 30.3 Å². The van der Waals surface area contributed by atoms with Crippen molar-refractivity contribution >= 4 is 40.7 Å². The number of carbonyl (C=O) groups is 1. The number of amides is 1. The molecule has 4 rings (SSSR count). The van der Waals surface area contributed by atoms with E-state index in [4.69, 9.17) is 10.5 Å². The number of halogens is 1. The lowest BCUT2D eigenvalue weighted by Gasteiger charge is -2.34.